The van der Waals surface area contributed by atoms with E-state index >= 15 is 0 Å². The third-order valence-electron chi connectivity index (χ3n) is 4.06. The molecule has 0 saturated carbocycles. The largest absolute Gasteiger partial charge is 0.486 e. The highest BCUT2D eigenvalue weighted by Gasteiger charge is 2.30. The van der Waals surface area contributed by atoms with E-state index in [1.54, 1.807) is 6.07 Å². The van der Waals surface area contributed by atoms with Crippen LogP contribution in [0.2, 0.25) is 0 Å². The van der Waals surface area contributed by atoms with Gasteiger partial charge in [0, 0.05) is 17.8 Å². The fourth-order valence-electron chi connectivity index (χ4n) is 2.80. The van der Waals surface area contributed by atoms with Crippen LogP contribution in [0.4, 0.5) is 20.2 Å². The van der Waals surface area contributed by atoms with Gasteiger partial charge in [-0.2, -0.15) is 0 Å². The van der Waals surface area contributed by atoms with Crippen molar-refractivity contribution in [3.05, 3.63) is 48.0 Å². The van der Waals surface area contributed by atoms with Crippen LogP contribution in [0, 0.1) is 11.6 Å². The first-order valence-corrected chi connectivity index (χ1v) is 10.2. The van der Waals surface area contributed by atoms with Crippen LogP contribution >= 0.6 is 0 Å². The molecule has 0 radical (unpaired) electrons. The number of carbonyl (C=O) groups is 1. The van der Waals surface area contributed by atoms with Gasteiger partial charge in [0.1, 0.15) is 19.3 Å². The molecule has 7 nitrogen and oxygen atoms in total. The van der Waals surface area contributed by atoms with Crippen molar-refractivity contribution in [3.8, 4) is 11.5 Å². The third kappa shape index (κ3) is 4.16. The number of hydrogen-bond donors (Lipinski definition) is 1. The Bertz CT molecular complexity index is 1010. The normalized spacial score (nSPS) is 14.3. The van der Waals surface area contributed by atoms with E-state index in [4.69, 9.17) is 9.47 Å². The molecule has 0 aromatic heterocycles. The van der Waals surface area contributed by atoms with E-state index in [0.717, 1.165) is 22.7 Å². The van der Waals surface area contributed by atoms with Gasteiger partial charge >= 0.3 is 0 Å². The third-order valence-corrected chi connectivity index (χ3v) is 5.30. The maximum Gasteiger partial charge on any atom is 0.247 e. The highest BCUT2D eigenvalue weighted by atomic mass is 32.2. The molecule has 1 atom stereocenters. The minimum atomic E-state index is -3.85. The maximum atomic E-state index is 13.3. The van der Waals surface area contributed by atoms with E-state index in [1.165, 1.54) is 25.1 Å². The number of nitrogens with zero attached hydrogens (tertiary/aromatic N) is 1. The van der Waals surface area contributed by atoms with Crippen molar-refractivity contribution in [2.75, 3.05) is 29.1 Å². The molecule has 1 N–H and O–H groups in total. The lowest BCUT2D eigenvalue weighted by Crippen LogP contribution is -2.45. The number of hydrogen-bond acceptors (Lipinski definition) is 5. The lowest BCUT2D eigenvalue weighted by atomic mass is 10.2. The first kappa shape index (κ1) is 19.9. The Labute approximate surface area is 160 Å². The van der Waals surface area contributed by atoms with Crippen LogP contribution in [-0.2, 0) is 14.8 Å². The van der Waals surface area contributed by atoms with Crippen molar-refractivity contribution in [3.63, 3.8) is 0 Å². The molecule has 1 aliphatic heterocycles. The Kier molecular flexibility index (Phi) is 5.41. The highest BCUT2D eigenvalue weighted by Crippen LogP contribution is 2.35. The summed E-state index contributed by atoms with van der Waals surface area (Å²) in [5, 5.41) is 2.39. The van der Waals surface area contributed by atoms with Crippen molar-refractivity contribution in [1.82, 2.24) is 0 Å². The van der Waals surface area contributed by atoms with Crippen molar-refractivity contribution >= 4 is 27.3 Å². The number of halogens is 2. The number of sulfonamides is 1. The van der Waals surface area contributed by atoms with Crippen LogP contribution < -0.4 is 19.1 Å². The zero-order valence-electron chi connectivity index (χ0n) is 15.1. The molecule has 0 aliphatic carbocycles. The minimum Gasteiger partial charge on any atom is -0.486 e. The Hall–Kier alpha value is -2.88. The summed E-state index contributed by atoms with van der Waals surface area (Å²) in [6.45, 7) is 2.09. The van der Waals surface area contributed by atoms with Crippen LogP contribution in [0.25, 0.3) is 0 Å². The van der Waals surface area contributed by atoms with Crippen molar-refractivity contribution < 1.29 is 31.5 Å². The van der Waals surface area contributed by atoms with Crippen molar-refractivity contribution in [2.45, 2.75) is 13.0 Å². The van der Waals surface area contributed by atoms with Gasteiger partial charge in [0.15, 0.2) is 23.1 Å². The molecule has 3 rings (SSSR count). The number of anilines is 2. The van der Waals surface area contributed by atoms with Crippen molar-refractivity contribution in [2.24, 2.45) is 0 Å². The molecule has 1 amide bonds. The summed E-state index contributed by atoms with van der Waals surface area (Å²) in [5.41, 5.74) is 0.214. The van der Waals surface area contributed by atoms with E-state index in [0.29, 0.717) is 24.7 Å². The van der Waals surface area contributed by atoms with Gasteiger partial charge in [-0.1, -0.05) is 0 Å². The average molecular weight is 412 g/mol. The SMILES string of the molecule is C[C@@H](C(=O)Nc1ccc(F)c(F)c1)N(c1ccc2c(c1)OCCO2)S(C)(=O)=O. The summed E-state index contributed by atoms with van der Waals surface area (Å²) in [6.07, 6.45) is 0.963. The molecule has 0 bridgehead atoms. The van der Waals surface area contributed by atoms with Gasteiger partial charge in [-0.3, -0.25) is 9.10 Å². The first-order valence-electron chi connectivity index (χ1n) is 8.32. The lowest BCUT2D eigenvalue weighted by molar-refractivity contribution is -0.116. The molecule has 10 heteroatoms. The van der Waals surface area contributed by atoms with E-state index < -0.39 is 33.6 Å². The molecule has 28 heavy (non-hydrogen) atoms. The molecule has 1 heterocycles. The molecule has 0 unspecified atom stereocenters. The summed E-state index contributed by atoms with van der Waals surface area (Å²) < 4.78 is 62.9. The van der Waals surface area contributed by atoms with Gasteiger partial charge in [-0.25, -0.2) is 17.2 Å². The molecule has 0 fully saturated rings. The Morgan fingerprint density at radius 3 is 2.39 bits per heavy atom. The topological polar surface area (TPSA) is 84.9 Å². The zero-order valence-corrected chi connectivity index (χ0v) is 15.9. The van der Waals surface area contributed by atoms with Crippen LogP contribution in [0.3, 0.4) is 0 Å². The molecule has 150 valence electrons. The lowest BCUT2D eigenvalue weighted by Gasteiger charge is -2.29. The number of fused-ring (bicyclic) bond motifs is 1. The van der Waals surface area contributed by atoms with Crippen molar-refractivity contribution in [1.29, 1.82) is 0 Å². The highest BCUT2D eigenvalue weighted by molar-refractivity contribution is 7.92. The van der Waals surface area contributed by atoms with Crippen LogP contribution in [0.1, 0.15) is 6.92 Å². The molecule has 2 aromatic carbocycles. The summed E-state index contributed by atoms with van der Waals surface area (Å²) in [4.78, 5) is 12.6. The molecule has 2 aromatic rings. The van der Waals surface area contributed by atoms with E-state index in [9.17, 15) is 22.0 Å². The monoisotopic (exact) mass is 412 g/mol. The Morgan fingerprint density at radius 1 is 1.07 bits per heavy atom. The second-order valence-corrected chi connectivity index (χ2v) is 8.04. The first-order chi connectivity index (χ1) is 13.2. The standard InChI is InChI=1S/C18H18F2N2O5S/c1-11(18(23)21-12-3-5-14(19)15(20)9-12)22(28(2,24)25)13-4-6-16-17(10-13)27-8-7-26-16/h3-6,9-11H,7-8H2,1-2H3,(H,21,23)/t11-/m0/s1. The molecule has 0 saturated heterocycles. The van der Waals surface area contributed by atoms with Crippen LogP contribution in [-0.4, -0.2) is 39.8 Å². The predicted octanol–water partition coefficient (Wildman–Crippen LogP) is 2.53. The van der Waals surface area contributed by atoms with Gasteiger partial charge in [0.05, 0.1) is 11.9 Å². The predicted molar refractivity (Wildman–Crippen MR) is 99.2 cm³/mol. The second kappa shape index (κ2) is 7.63. The number of carbonyl (C=O) groups excluding carboxylic acids is 1. The number of nitrogens with one attached hydrogen (secondary N) is 1. The van der Waals surface area contributed by atoms with E-state index in [2.05, 4.69) is 5.32 Å². The van der Waals surface area contributed by atoms with Gasteiger partial charge in [-0.15, -0.1) is 0 Å². The number of rotatable bonds is 5. The Balaban J connectivity index is 1.89. The van der Waals surface area contributed by atoms with Gasteiger partial charge in [0.25, 0.3) is 0 Å². The Morgan fingerprint density at radius 2 is 1.75 bits per heavy atom. The van der Waals surface area contributed by atoms with E-state index in [1.807, 2.05) is 0 Å². The summed E-state index contributed by atoms with van der Waals surface area (Å²) in [7, 11) is -3.85. The molecule has 1 aliphatic rings. The fourth-order valence-corrected chi connectivity index (χ4v) is 3.97. The van der Waals surface area contributed by atoms with Gasteiger partial charge < -0.3 is 14.8 Å². The van der Waals surface area contributed by atoms with Gasteiger partial charge in [-0.05, 0) is 31.2 Å². The maximum absolute atomic E-state index is 13.3. The van der Waals surface area contributed by atoms with Crippen LogP contribution in [0.5, 0.6) is 11.5 Å². The minimum absolute atomic E-state index is 0.00590. The smallest absolute Gasteiger partial charge is 0.247 e. The fraction of sp³-hybridized carbons (Fsp3) is 0.278. The zero-order chi connectivity index (χ0) is 20.5. The average Bonchev–Trinajstić information content (AvgIpc) is 2.63. The van der Waals surface area contributed by atoms with Gasteiger partial charge in [0.2, 0.25) is 15.9 Å². The molecule has 0 spiro atoms. The molecular weight excluding hydrogens is 394 g/mol. The quantitative estimate of drug-likeness (QED) is 0.816. The number of ether oxygens (including phenoxy) is 2. The number of benzene rings is 2. The van der Waals surface area contributed by atoms with Crippen LogP contribution in [0.15, 0.2) is 36.4 Å². The summed E-state index contributed by atoms with van der Waals surface area (Å²) in [6, 6.07) is 6.21. The summed E-state index contributed by atoms with van der Waals surface area (Å²) in [5.74, 6) is -2.06. The number of amides is 1. The van der Waals surface area contributed by atoms with E-state index in [-0.39, 0.29) is 11.4 Å². The molecular formula is C18H18F2N2O5S. The summed E-state index contributed by atoms with van der Waals surface area (Å²) >= 11 is 0. The second-order valence-electron chi connectivity index (χ2n) is 6.18.